The van der Waals surface area contributed by atoms with Gasteiger partial charge in [0.2, 0.25) is 5.91 Å². The van der Waals surface area contributed by atoms with Crippen LogP contribution in [0.2, 0.25) is 5.02 Å². The molecule has 0 saturated carbocycles. The van der Waals surface area contributed by atoms with Gasteiger partial charge in [-0.25, -0.2) is 4.39 Å². The number of ether oxygens (including phenoxy) is 1. The van der Waals surface area contributed by atoms with Crippen LogP contribution in [0.5, 0.6) is 5.75 Å². The number of likely N-dealkylation sites (tertiary alicyclic amines) is 1. The molecule has 0 aromatic heterocycles. The largest absolute Gasteiger partial charge is 0.483 e. The molecule has 0 aliphatic carbocycles. The number of carbonyl (C=O) groups excluding carboxylic acids is 1. The van der Waals surface area contributed by atoms with Crippen molar-refractivity contribution in [3.63, 3.8) is 0 Å². The van der Waals surface area contributed by atoms with Gasteiger partial charge in [0.1, 0.15) is 6.10 Å². The molecule has 4 rings (SSSR count). The number of amides is 1. The molecular weight excluding hydrogens is 573 g/mol. The highest BCUT2D eigenvalue weighted by atomic mass is 35.5. The van der Waals surface area contributed by atoms with Gasteiger partial charge in [0.25, 0.3) is 5.92 Å². The molecule has 1 aliphatic rings. The van der Waals surface area contributed by atoms with Gasteiger partial charge in [-0.3, -0.25) is 4.79 Å². The summed E-state index contributed by atoms with van der Waals surface area (Å²) in [6.07, 6.45) is 4.43. The van der Waals surface area contributed by atoms with E-state index in [0.29, 0.717) is 23.4 Å². The van der Waals surface area contributed by atoms with Crippen LogP contribution in [0.15, 0.2) is 79.4 Å². The number of nitrogens with zero attached hydrogens (tertiary/aromatic N) is 1. The molecule has 1 heterocycles. The second-order valence-electron chi connectivity index (χ2n) is 11.5. The second-order valence-corrected chi connectivity index (χ2v) is 11.9. The predicted octanol–water partition coefficient (Wildman–Crippen LogP) is 9.52. The van der Waals surface area contributed by atoms with E-state index in [0.717, 1.165) is 74.8 Å². The van der Waals surface area contributed by atoms with E-state index in [1.54, 1.807) is 12.1 Å². The van der Waals surface area contributed by atoms with Gasteiger partial charge in [-0.2, -0.15) is 8.78 Å². The first-order chi connectivity index (χ1) is 20.6. The lowest BCUT2D eigenvalue weighted by Crippen LogP contribution is -2.33. The van der Waals surface area contributed by atoms with Crippen LogP contribution in [0.3, 0.4) is 0 Å². The Labute approximate surface area is 257 Å². The van der Waals surface area contributed by atoms with Crippen LogP contribution in [0.1, 0.15) is 74.7 Å². The number of carbonyl (C=O) groups is 1. The van der Waals surface area contributed by atoms with Crippen molar-refractivity contribution in [3.8, 4) is 5.75 Å². The number of allylic oxidation sites excluding steroid dienone is 1. The molecule has 1 fully saturated rings. The zero-order valence-electron chi connectivity index (χ0n) is 24.8. The summed E-state index contributed by atoms with van der Waals surface area (Å²) in [5.41, 5.74) is 2.53. The molecule has 8 heteroatoms. The van der Waals surface area contributed by atoms with Gasteiger partial charge >= 0.3 is 0 Å². The van der Waals surface area contributed by atoms with Crippen molar-refractivity contribution < 1.29 is 22.7 Å². The molecule has 3 aromatic rings. The van der Waals surface area contributed by atoms with Gasteiger partial charge < -0.3 is 15.0 Å². The van der Waals surface area contributed by atoms with Crippen molar-refractivity contribution in [2.45, 2.75) is 63.9 Å². The number of hydrogen-bond donors (Lipinski definition) is 1. The number of piperidine rings is 1. The third kappa shape index (κ3) is 9.10. The maximum atomic E-state index is 14.7. The Morgan fingerprint density at radius 1 is 1.09 bits per heavy atom. The molecule has 1 amide bonds. The van der Waals surface area contributed by atoms with Gasteiger partial charge in [-0.05, 0) is 117 Å². The first kappa shape index (κ1) is 32.6. The van der Waals surface area contributed by atoms with E-state index in [4.69, 9.17) is 16.3 Å². The Morgan fingerprint density at radius 2 is 1.81 bits per heavy atom. The fraction of sp³-hybridized carbons (Fsp3) is 0.400. The van der Waals surface area contributed by atoms with Gasteiger partial charge in [0.05, 0.1) is 0 Å². The smallest absolute Gasteiger partial charge is 0.291 e. The van der Waals surface area contributed by atoms with E-state index < -0.39 is 17.8 Å². The van der Waals surface area contributed by atoms with E-state index in [1.165, 1.54) is 5.56 Å². The first-order valence-electron chi connectivity index (χ1n) is 14.9. The van der Waals surface area contributed by atoms with Crippen LogP contribution in [-0.2, 0) is 10.7 Å². The summed E-state index contributed by atoms with van der Waals surface area (Å²) in [5, 5.41) is 3.56. The van der Waals surface area contributed by atoms with Crippen LogP contribution in [0.25, 0.3) is 0 Å². The Kier molecular flexibility index (Phi) is 11.3. The lowest BCUT2D eigenvalue weighted by molar-refractivity contribution is -0.118. The maximum Gasteiger partial charge on any atom is 0.291 e. The van der Waals surface area contributed by atoms with Crippen LogP contribution in [-0.4, -0.2) is 30.4 Å². The zero-order valence-corrected chi connectivity index (χ0v) is 25.6. The summed E-state index contributed by atoms with van der Waals surface area (Å²) in [6.45, 7) is 9.85. The summed E-state index contributed by atoms with van der Waals surface area (Å²) in [7, 11) is 0. The van der Waals surface area contributed by atoms with Crippen LogP contribution in [0, 0.1) is 11.7 Å². The maximum absolute atomic E-state index is 14.7. The van der Waals surface area contributed by atoms with Gasteiger partial charge in [-0.1, -0.05) is 56.3 Å². The Balaban J connectivity index is 1.31. The average Bonchev–Trinajstić information content (AvgIpc) is 3.00. The highest BCUT2D eigenvalue weighted by Crippen LogP contribution is 2.36. The second kappa shape index (κ2) is 14.9. The average molecular weight is 613 g/mol. The van der Waals surface area contributed by atoms with Crippen molar-refractivity contribution in [2.75, 3.05) is 25.0 Å². The first-order valence-corrected chi connectivity index (χ1v) is 15.3. The summed E-state index contributed by atoms with van der Waals surface area (Å²) in [5.74, 6) is -3.80. The number of benzene rings is 3. The molecule has 1 atom stereocenters. The van der Waals surface area contributed by atoms with E-state index in [2.05, 4.69) is 28.9 Å². The number of nitrogens with one attached hydrogen (secondary N) is 1. The minimum absolute atomic E-state index is 0.0172. The predicted molar refractivity (Wildman–Crippen MR) is 167 cm³/mol. The molecule has 230 valence electrons. The molecular formula is C35H40ClF3N2O2. The van der Waals surface area contributed by atoms with Crippen molar-refractivity contribution in [1.82, 2.24) is 4.90 Å². The highest BCUT2D eigenvalue weighted by molar-refractivity contribution is 6.30. The van der Waals surface area contributed by atoms with Crippen molar-refractivity contribution >= 4 is 23.2 Å². The molecule has 1 saturated heterocycles. The molecule has 43 heavy (non-hydrogen) atoms. The number of unbranched alkanes of at least 4 members (excludes halogenated alkanes) is 1. The lowest BCUT2D eigenvalue weighted by Gasteiger charge is -2.32. The van der Waals surface area contributed by atoms with Crippen molar-refractivity contribution in [2.24, 2.45) is 5.92 Å². The summed E-state index contributed by atoms with van der Waals surface area (Å²) in [6, 6.07) is 18.4. The number of rotatable bonds is 13. The van der Waals surface area contributed by atoms with E-state index in [-0.39, 0.29) is 23.1 Å². The zero-order chi connectivity index (χ0) is 31.0. The van der Waals surface area contributed by atoms with Crippen LogP contribution < -0.4 is 10.1 Å². The molecule has 1 N–H and O–H groups in total. The topological polar surface area (TPSA) is 41.6 Å². The minimum atomic E-state index is -3.29. The SMILES string of the molecule is C=CC(F)(F)c1ccc(F)c(OC(CCCCN2CCC(c3cccc(NC(=O)C(C)C)c3)CC2)c2ccc(Cl)cc2)c1. The molecule has 0 radical (unpaired) electrons. The van der Waals surface area contributed by atoms with Crippen LogP contribution >= 0.6 is 11.6 Å². The van der Waals surface area contributed by atoms with E-state index >= 15 is 0 Å². The quantitative estimate of drug-likeness (QED) is 0.154. The summed E-state index contributed by atoms with van der Waals surface area (Å²) < 4.78 is 49.1. The number of alkyl halides is 2. The lowest BCUT2D eigenvalue weighted by atomic mass is 9.89. The normalized spacial score (nSPS) is 15.3. The molecule has 4 nitrogen and oxygen atoms in total. The Morgan fingerprint density at radius 3 is 2.49 bits per heavy atom. The molecule has 0 spiro atoms. The third-order valence-corrected chi connectivity index (χ3v) is 8.26. The summed E-state index contributed by atoms with van der Waals surface area (Å²) in [4.78, 5) is 14.6. The highest BCUT2D eigenvalue weighted by Gasteiger charge is 2.29. The van der Waals surface area contributed by atoms with Gasteiger partial charge in [-0.15, -0.1) is 0 Å². The molecule has 1 aliphatic heterocycles. The standard InChI is InChI=1S/C35H40ClF3N2O2/c1-4-35(38,39)28-13-16-31(37)33(23-28)43-32(26-11-14-29(36)15-12-26)10-5-6-19-41-20-17-25(18-21-41)27-8-7-9-30(22-27)40-34(42)24(2)3/h4,7-9,11-16,22-25,32H,1,5-6,10,17-21H2,2-3H3,(H,40,42). The fourth-order valence-electron chi connectivity index (χ4n) is 5.36. The van der Waals surface area contributed by atoms with E-state index in [9.17, 15) is 18.0 Å². The number of hydrogen-bond acceptors (Lipinski definition) is 3. The monoisotopic (exact) mass is 612 g/mol. The van der Waals surface area contributed by atoms with Crippen molar-refractivity contribution in [3.05, 3.63) is 107 Å². The molecule has 0 bridgehead atoms. The Bertz CT molecular complexity index is 1370. The summed E-state index contributed by atoms with van der Waals surface area (Å²) >= 11 is 6.07. The molecule has 1 unspecified atom stereocenters. The Hall–Kier alpha value is -3.29. The minimum Gasteiger partial charge on any atom is -0.483 e. The molecule has 3 aromatic carbocycles. The third-order valence-electron chi connectivity index (χ3n) is 8.01. The van der Waals surface area contributed by atoms with Crippen molar-refractivity contribution in [1.29, 1.82) is 0 Å². The van der Waals surface area contributed by atoms with Crippen LogP contribution in [0.4, 0.5) is 18.9 Å². The van der Waals surface area contributed by atoms with Gasteiger partial charge in [0, 0.05) is 22.2 Å². The number of anilines is 1. The van der Waals surface area contributed by atoms with Gasteiger partial charge in [0.15, 0.2) is 11.6 Å². The number of halogens is 4. The van der Waals surface area contributed by atoms with E-state index in [1.807, 2.05) is 38.1 Å². The fourth-order valence-corrected chi connectivity index (χ4v) is 5.48.